The van der Waals surface area contributed by atoms with Crippen molar-refractivity contribution in [2.75, 3.05) is 5.32 Å². The van der Waals surface area contributed by atoms with Gasteiger partial charge in [-0.1, -0.05) is 41.6 Å². The molecule has 4 nitrogen and oxygen atoms in total. The fraction of sp³-hybridized carbons (Fsp3) is 0.0526. The second kappa shape index (κ2) is 8.89. The zero-order valence-electron chi connectivity index (χ0n) is 13.9. The highest BCUT2D eigenvalue weighted by Crippen LogP contribution is 2.33. The molecule has 0 radical (unpaired) electrons. The highest BCUT2D eigenvalue weighted by atomic mass is 35.5. The summed E-state index contributed by atoms with van der Waals surface area (Å²) >= 11 is 9.16. The summed E-state index contributed by atoms with van der Waals surface area (Å²) in [5, 5.41) is 7.48. The molecule has 0 atom stereocenters. The minimum Gasteiger partial charge on any atom is -0.306 e. The molecule has 2 amide bonds. The van der Waals surface area contributed by atoms with Gasteiger partial charge < -0.3 is 5.32 Å². The molecule has 0 aliphatic heterocycles. The van der Waals surface area contributed by atoms with Crippen molar-refractivity contribution in [1.29, 1.82) is 0 Å². The zero-order chi connectivity index (χ0) is 18.4. The van der Waals surface area contributed by atoms with Crippen LogP contribution in [0.1, 0.15) is 10.4 Å². The number of carbonyl (C=O) groups excluding carboxylic acids is 1. The quantitative estimate of drug-likeness (QED) is 0.406. The van der Waals surface area contributed by atoms with Gasteiger partial charge in [-0.25, -0.2) is 10.2 Å². The number of anilines is 1. The Hall–Kier alpha value is -2.28. The summed E-state index contributed by atoms with van der Waals surface area (Å²) in [5.74, 6) is 0. The smallest absolute Gasteiger partial charge is 0.306 e. The van der Waals surface area contributed by atoms with E-state index in [2.05, 4.69) is 15.8 Å². The molecule has 0 aliphatic carbocycles. The number of urea groups is 1. The Morgan fingerprint density at radius 1 is 1.12 bits per heavy atom. The standard InChI is InChI=1S/C19H16ClN3OS2/c1-13-4-2-3-5-17(13)22-19(24)23-21-12-16-10-11-18(26-16)25-15-8-6-14(20)7-9-15/h2-12H,1H3,(H2,22,23,24). The monoisotopic (exact) mass is 401 g/mol. The summed E-state index contributed by atoms with van der Waals surface area (Å²) in [6.07, 6.45) is 1.63. The van der Waals surface area contributed by atoms with Gasteiger partial charge >= 0.3 is 6.03 Å². The number of para-hydroxylation sites is 1. The maximum atomic E-state index is 11.9. The lowest BCUT2D eigenvalue weighted by molar-refractivity contribution is 0.252. The number of aryl methyl sites for hydroxylation is 1. The Morgan fingerprint density at radius 3 is 2.65 bits per heavy atom. The van der Waals surface area contributed by atoms with Crippen LogP contribution < -0.4 is 10.7 Å². The second-order valence-electron chi connectivity index (χ2n) is 5.35. The van der Waals surface area contributed by atoms with Crippen molar-refractivity contribution in [3.8, 4) is 0 Å². The van der Waals surface area contributed by atoms with E-state index in [1.165, 1.54) is 0 Å². The van der Waals surface area contributed by atoms with Gasteiger partial charge in [0, 0.05) is 20.5 Å². The molecule has 2 N–H and O–H groups in total. The first-order valence-corrected chi connectivity index (χ1v) is 9.80. The third-order valence-electron chi connectivity index (χ3n) is 3.39. The number of hydrazone groups is 1. The number of amides is 2. The number of carbonyl (C=O) groups is 1. The van der Waals surface area contributed by atoms with Gasteiger partial charge in [-0.3, -0.25) is 0 Å². The minimum atomic E-state index is -0.372. The molecule has 0 saturated carbocycles. The second-order valence-corrected chi connectivity index (χ2v) is 8.28. The van der Waals surface area contributed by atoms with Crippen LogP contribution in [0.5, 0.6) is 0 Å². The van der Waals surface area contributed by atoms with Crippen molar-refractivity contribution in [3.05, 3.63) is 76.1 Å². The first-order chi connectivity index (χ1) is 12.6. The van der Waals surface area contributed by atoms with Crippen molar-refractivity contribution >= 4 is 52.6 Å². The Morgan fingerprint density at radius 2 is 1.88 bits per heavy atom. The molecule has 2 aromatic carbocycles. The molecule has 1 heterocycles. The molecule has 0 saturated heterocycles. The van der Waals surface area contributed by atoms with E-state index in [4.69, 9.17) is 11.6 Å². The highest BCUT2D eigenvalue weighted by Gasteiger charge is 2.03. The van der Waals surface area contributed by atoms with E-state index in [1.54, 1.807) is 29.3 Å². The number of hydrogen-bond acceptors (Lipinski definition) is 4. The van der Waals surface area contributed by atoms with Crippen LogP contribution in [-0.2, 0) is 0 Å². The largest absolute Gasteiger partial charge is 0.339 e. The van der Waals surface area contributed by atoms with Crippen molar-refractivity contribution in [2.24, 2.45) is 5.10 Å². The molecule has 3 rings (SSSR count). The molecule has 26 heavy (non-hydrogen) atoms. The molecular weight excluding hydrogens is 386 g/mol. The minimum absolute atomic E-state index is 0.372. The van der Waals surface area contributed by atoms with E-state index in [9.17, 15) is 4.79 Å². The van der Waals surface area contributed by atoms with Crippen molar-refractivity contribution < 1.29 is 4.79 Å². The summed E-state index contributed by atoms with van der Waals surface area (Å²) < 4.78 is 1.14. The highest BCUT2D eigenvalue weighted by molar-refractivity contribution is 8.01. The van der Waals surface area contributed by atoms with E-state index in [-0.39, 0.29) is 6.03 Å². The van der Waals surface area contributed by atoms with Gasteiger partial charge in [0.15, 0.2) is 0 Å². The van der Waals surface area contributed by atoms with E-state index in [0.29, 0.717) is 0 Å². The summed E-state index contributed by atoms with van der Waals surface area (Å²) in [4.78, 5) is 14.0. The molecule has 1 aromatic heterocycles. The van der Waals surface area contributed by atoms with Crippen LogP contribution in [0, 0.1) is 6.92 Å². The number of thiophene rings is 1. The van der Waals surface area contributed by atoms with Crippen LogP contribution in [-0.4, -0.2) is 12.2 Å². The number of rotatable bonds is 5. The van der Waals surface area contributed by atoms with Crippen LogP contribution >= 0.6 is 34.7 Å². The predicted molar refractivity (Wildman–Crippen MR) is 111 cm³/mol. The van der Waals surface area contributed by atoms with Crippen LogP contribution in [0.3, 0.4) is 0 Å². The molecule has 0 aliphatic rings. The number of halogens is 1. The van der Waals surface area contributed by atoms with Crippen molar-refractivity contribution in [3.63, 3.8) is 0 Å². The van der Waals surface area contributed by atoms with E-state index in [0.717, 1.165) is 30.3 Å². The van der Waals surface area contributed by atoms with Gasteiger partial charge in [0.25, 0.3) is 0 Å². The average molecular weight is 402 g/mol. The first kappa shape index (κ1) is 18.5. The Labute approximate surface area is 165 Å². The Kier molecular flexibility index (Phi) is 6.33. The van der Waals surface area contributed by atoms with Crippen LogP contribution in [0.2, 0.25) is 5.02 Å². The molecule has 0 spiro atoms. The summed E-state index contributed by atoms with van der Waals surface area (Å²) in [7, 11) is 0. The maximum Gasteiger partial charge on any atom is 0.339 e. The number of nitrogens with zero attached hydrogens (tertiary/aromatic N) is 1. The molecule has 0 fully saturated rings. The summed E-state index contributed by atoms with van der Waals surface area (Å²) in [6, 6.07) is 18.9. The van der Waals surface area contributed by atoms with Crippen molar-refractivity contribution in [2.45, 2.75) is 16.0 Å². The van der Waals surface area contributed by atoms with E-state index >= 15 is 0 Å². The molecule has 3 aromatic rings. The van der Waals surface area contributed by atoms with Crippen LogP contribution in [0.25, 0.3) is 0 Å². The SMILES string of the molecule is Cc1ccccc1NC(=O)NN=Cc1ccc(Sc2ccc(Cl)cc2)s1. The molecule has 132 valence electrons. The van der Waals surface area contributed by atoms with Crippen LogP contribution in [0.4, 0.5) is 10.5 Å². The molecule has 0 unspecified atom stereocenters. The van der Waals surface area contributed by atoms with Gasteiger partial charge in [0.05, 0.1) is 10.4 Å². The molecule has 7 heteroatoms. The van der Waals surface area contributed by atoms with Gasteiger partial charge in [0.2, 0.25) is 0 Å². The van der Waals surface area contributed by atoms with Gasteiger partial charge in [-0.2, -0.15) is 5.10 Å². The lowest BCUT2D eigenvalue weighted by Gasteiger charge is -2.06. The maximum absolute atomic E-state index is 11.9. The lowest BCUT2D eigenvalue weighted by Crippen LogP contribution is -2.24. The summed E-state index contributed by atoms with van der Waals surface area (Å²) in [6.45, 7) is 1.93. The number of hydrogen-bond donors (Lipinski definition) is 2. The van der Waals surface area contributed by atoms with Gasteiger partial charge in [-0.15, -0.1) is 11.3 Å². The van der Waals surface area contributed by atoms with Crippen molar-refractivity contribution in [1.82, 2.24) is 5.43 Å². The summed E-state index contributed by atoms with van der Waals surface area (Å²) in [5.41, 5.74) is 4.23. The van der Waals surface area contributed by atoms with Gasteiger partial charge in [0.1, 0.15) is 0 Å². The third-order valence-corrected chi connectivity index (χ3v) is 5.80. The third kappa shape index (κ3) is 5.36. The molecule has 0 bridgehead atoms. The fourth-order valence-electron chi connectivity index (χ4n) is 2.10. The van der Waals surface area contributed by atoms with E-state index in [1.807, 2.05) is 67.6 Å². The zero-order valence-corrected chi connectivity index (χ0v) is 16.3. The normalized spacial score (nSPS) is 10.8. The topological polar surface area (TPSA) is 53.5 Å². The average Bonchev–Trinajstić information content (AvgIpc) is 3.06. The van der Waals surface area contributed by atoms with E-state index < -0.39 is 0 Å². The molecular formula is C19H16ClN3OS2. The van der Waals surface area contributed by atoms with Crippen LogP contribution in [0.15, 0.2) is 74.9 Å². The Balaban J connectivity index is 1.52. The van der Waals surface area contributed by atoms with Gasteiger partial charge in [-0.05, 0) is 55.0 Å². The lowest BCUT2D eigenvalue weighted by atomic mass is 10.2. The fourth-order valence-corrected chi connectivity index (χ4v) is 4.22. The predicted octanol–water partition coefficient (Wildman–Crippen LogP) is 6.02. The number of nitrogens with one attached hydrogen (secondary N) is 2. The Bertz CT molecular complexity index is 923. The number of benzene rings is 2. The first-order valence-electron chi connectivity index (χ1n) is 7.79.